The molecule has 0 unspecified atom stereocenters. The van der Waals surface area contributed by atoms with Crippen LogP contribution in [0.1, 0.15) is 50.5 Å². The van der Waals surface area contributed by atoms with Gasteiger partial charge in [0, 0.05) is 32.1 Å². The molecule has 0 aliphatic rings. The van der Waals surface area contributed by atoms with Gasteiger partial charge in [-0.05, 0) is 19.3 Å². The number of hydrogen-bond acceptors (Lipinski definition) is 4. The van der Waals surface area contributed by atoms with Crippen molar-refractivity contribution in [3.05, 3.63) is 11.9 Å². The summed E-state index contributed by atoms with van der Waals surface area (Å²) in [6, 6.07) is 0. The van der Waals surface area contributed by atoms with Gasteiger partial charge in [0.25, 0.3) is 5.91 Å². The van der Waals surface area contributed by atoms with Gasteiger partial charge in [0.05, 0.1) is 5.69 Å². The van der Waals surface area contributed by atoms with E-state index in [0.29, 0.717) is 24.7 Å². The number of hydrogen-bond donors (Lipinski definition) is 3. The van der Waals surface area contributed by atoms with Crippen LogP contribution in [-0.2, 0) is 16.1 Å². The Hall–Kier alpha value is -2.38. The molecule has 0 spiro atoms. The molecule has 23 heavy (non-hydrogen) atoms. The molecule has 1 aromatic rings. The molecule has 1 heterocycles. The Bertz CT molecular complexity index is 566. The average Bonchev–Trinajstić information content (AvgIpc) is 2.87. The fourth-order valence-corrected chi connectivity index (χ4v) is 1.84. The highest BCUT2D eigenvalue weighted by Crippen LogP contribution is 2.15. The number of carboxylic acids is 1. The lowest BCUT2D eigenvalue weighted by atomic mass is 10.2. The van der Waals surface area contributed by atoms with Gasteiger partial charge in [0.2, 0.25) is 5.91 Å². The van der Waals surface area contributed by atoms with E-state index in [9.17, 15) is 14.4 Å². The predicted molar refractivity (Wildman–Crippen MR) is 85.2 cm³/mol. The van der Waals surface area contributed by atoms with Crippen LogP contribution in [0.15, 0.2) is 6.20 Å². The van der Waals surface area contributed by atoms with E-state index >= 15 is 0 Å². The molecule has 0 atom stereocenters. The largest absolute Gasteiger partial charge is 0.481 e. The summed E-state index contributed by atoms with van der Waals surface area (Å²) in [4.78, 5) is 34.5. The second-order valence-electron chi connectivity index (χ2n) is 5.65. The van der Waals surface area contributed by atoms with Gasteiger partial charge in [-0.1, -0.05) is 13.8 Å². The van der Waals surface area contributed by atoms with Gasteiger partial charge < -0.3 is 15.7 Å². The standard InChI is InChI=1S/C15H24N4O4/c1-4-19-9-11(17-12(20)6-5-7-13(21)22)14(18-19)15(23)16-8-10(2)3/h9-10H,4-8H2,1-3H3,(H,16,23)(H,17,20)(H,21,22). The molecule has 0 fully saturated rings. The topological polar surface area (TPSA) is 113 Å². The van der Waals surface area contributed by atoms with E-state index in [1.807, 2.05) is 20.8 Å². The van der Waals surface area contributed by atoms with Crippen LogP contribution in [0.3, 0.4) is 0 Å². The van der Waals surface area contributed by atoms with E-state index in [-0.39, 0.29) is 36.8 Å². The molecule has 0 bridgehead atoms. The number of rotatable bonds is 9. The minimum atomic E-state index is -0.939. The molecule has 0 saturated heterocycles. The van der Waals surface area contributed by atoms with Crippen molar-refractivity contribution in [2.45, 2.75) is 46.6 Å². The molecule has 0 saturated carbocycles. The van der Waals surface area contributed by atoms with Crippen LogP contribution in [0.2, 0.25) is 0 Å². The number of aliphatic carboxylic acids is 1. The van der Waals surface area contributed by atoms with Crippen molar-refractivity contribution in [3.63, 3.8) is 0 Å². The maximum Gasteiger partial charge on any atom is 0.303 e. The maximum absolute atomic E-state index is 12.2. The molecule has 3 N–H and O–H groups in total. The summed E-state index contributed by atoms with van der Waals surface area (Å²) >= 11 is 0. The van der Waals surface area contributed by atoms with Crippen molar-refractivity contribution in [3.8, 4) is 0 Å². The van der Waals surface area contributed by atoms with Gasteiger partial charge in [-0.25, -0.2) is 0 Å². The molecule has 128 valence electrons. The van der Waals surface area contributed by atoms with Crippen LogP contribution in [0.5, 0.6) is 0 Å². The summed E-state index contributed by atoms with van der Waals surface area (Å²) in [5.41, 5.74) is 0.507. The minimum Gasteiger partial charge on any atom is -0.481 e. The van der Waals surface area contributed by atoms with Gasteiger partial charge in [0.1, 0.15) is 0 Å². The third-order valence-electron chi connectivity index (χ3n) is 3.04. The molecule has 1 rings (SSSR count). The van der Waals surface area contributed by atoms with Crippen molar-refractivity contribution >= 4 is 23.5 Å². The number of carbonyl (C=O) groups excluding carboxylic acids is 2. The van der Waals surface area contributed by atoms with Crippen LogP contribution >= 0.6 is 0 Å². The zero-order chi connectivity index (χ0) is 17.4. The maximum atomic E-state index is 12.2. The molecular weight excluding hydrogens is 300 g/mol. The first kappa shape index (κ1) is 18.7. The molecule has 2 amide bonds. The number of aromatic nitrogens is 2. The minimum absolute atomic E-state index is 0.0661. The summed E-state index contributed by atoms with van der Waals surface area (Å²) in [5, 5.41) is 18.1. The van der Waals surface area contributed by atoms with Crippen LogP contribution < -0.4 is 10.6 Å². The van der Waals surface area contributed by atoms with Crippen LogP contribution in [0.4, 0.5) is 5.69 Å². The summed E-state index contributed by atoms with van der Waals surface area (Å²) in [6.45, 7) is 6.93. The van der Waals surface area contributed by atoms with E-state index in [2.05, 4.69) is 15.7 Å². The summed E-state index contributed by atoms with van der Waals surface area (Å²) < 4.78 is 1.57. The quantitative estimate of drug-likeness (QED) is 0.637. The lowest BCUT2D eigenvalue weighted by molar-refractivity contribution is -0.137. The van der Waals surface area contributed by atoms with Crippen LogP contribution in [-0.4, -0.2) is 39.2 Å². The third kappa shape index (κ3) is 6.50. The SMILES string of the molecule is CCn1cc(NC(=O)CCCC(=O)O)c(C(=O)NCC(C)C)n1. The van der Waals surface area contributed by atoms with Crippen molar-refractivity contribution in [1.29, 1.82) is 0 Å². The first-order valence-corrected chi connectivity index (χ1v) is 7.70. The smallest absolute Gasteiger partial charge is 0.303 e. The van der Waals surface area contributed by atoms with Gasteiger partial charge in [0.15, 0.2) is 5.69 Å². The summed E-state index contributed by atoms with van der Waals surface area (Å²) in [5.74, 6) is -1.31. The number of aryl methyl sites for hydroxylation is 1. The molecule has 0 aromatic carbocycles. The predicted octanol–water partition coefficient (Wildman–Crippen LogP) is 1.48. The zero-order valence-corrected chi connectivity index (χ0v) is 13.8. The Balaban J connectivity index is 2.72. The fourth-order valence-electron chi connectivity index (χ4n) is 1.84. The normalized spacial score (nSPS) is 10.6. The molecule has 8 heteroatoms. The van der Waals surface area contributed by atoms with Crippen molar-refractivity contribution in [2.24, 2.45) is 5.92 Å². The van der Waals surface area contributed by atoms with Crippen molar-refractivity contribution in [1.82, 2.24) is 15.1 Å². The Kier molecular flexibility index (Phi) is 7.24. The first-order chi connectivity index (χ1) is 10.8. The first-order valence-electron chi connectivity index (χ1n) is 7.70. The monoisotopic (exact) mass is 324 g/mol. The molecule has 8 nitrogen and oxygen atoms in total. The van der Waals surface area contributed by atoms with E-state index in [0.717, 1.165) is 0 Å². The second-order valence-corrected chi connectivity index (χ2v) is 5.65. The molecule has 0 aliphatic carbocycles. The van der Waals surface area contributed by atoms with Gasteiger partial charge in [-0.15, -0.1) is 0 Å². The van der Waals surface area contributed by atoms with Gasteiger partial charge in [-0.3, -0.25) is 19.1 Å². The zero-order valence-electron chi connectivity index (χ0n) is 13.8. The lowest BCUT2D eigenvalue weighted by Crippen LogP contribution is -2.28. The Morgan fingerprint density at radius 3 is 2.57 bits per heavy atom. The summed E-state index contributed by atoms with van der Waals surface area (Å²) in [6.07, 6.45) is 1.86. The highest BCUT2D eigenvalue weighted by molar-refractivity contribution is 6.02. The van der Waals surface area contributed by atoms with Gasteiger partial charge in [-0.2, -0.15) is 5.10 Å². The Labute approximate surface area is 135 Å². The van der Waals surface area contributed by atoms with Crippen LogP contribution in [0.25, 0.3) is 0 Å². The fraction of sp³-hybridized carbons (Fsp3) is 0.600. The number of nitrogens with one attached hydrogen (secondary N) is 2. The number of amides is 2. The van der Waals surface area contributed by atoms with E-state index in [4.69, 9.17) is 5.11 Å². The molecule has 0 radical (unpaired) electrons. The highest BCUT2D eigenvalue weighted by atomic mass is 16.4. The van der Waals surface area contributed by atoms with Crippen LogP contribution in [0, 0.1) is 5.92 Å². The average molecular weight is 324 g/mol. The van der Waals surface area contributed by atoms with Crippen molar-refractivity contribution < 1.29 is 19.5 Å². The van der Waals surface area contributed by atoms with Gasteiger partial charge >= 0.3 is 5.97 Å². The van der Waals surface area contributed by atoms with Crippen molar-refractivity contribution in [2.75, 3.05) is 11.9 Å². The highest BCUT2D eigenvalue weighted by Gasteiger charge is 2.18. The Morgan fingerprint density at radius 2 is 2.00 bits per heavy atom. The molecular formula is C15H24N4O4. The molecule has 1 aromatic heterocycles. The molecule has 0 aliphatic heterocycles. The summed E-state index contributed by atoms with van der Waals surface area (Å²) in [7, 11) is 0. The second kappa shape index (κ2) is 8.92. The third-order valence-corrected chi connectivity index (χ3v) is 3.04. The Morgan fingerprint density at radius 1 is 1.30 bits per heavy atom. The van der Waals surface area contributed by atoms with E-state index in [1.54, 1.807) is 10.9 Å². The van der Waals surface area contributed by atoms with E-state index < -0.39 is 5.97 Å². The number of carboxylic acid groups (broad SMARTS) is 1. The van der Waals surface area contributed by atoms with E-state index in [1.165, 1.54) is 0 Å². The number of nitrogens with zero attached hydrogens (tertiary/aromatic N) is 2. The number of anilines is 1. The number of carbonyl (C=O) groups is 3. The lowest BCUT2D eigenvalue weighted by Gasteiger charge is -2.08.